The van der Waals surface area contributed by atoms with E-state index in [2.05, 4.69) is 10.5 Å². The van der Waals surface area contributed by atoms with E-state index in [0.29, 0.717) is 22.9 Å². The van der Waals surface area contributed by atoms with Crippen molar-refractivity contribution in [1.82, 2.24) is 0 Å². The van der Waals surface area contributed by atoms with Crippen LogP contribution in [0.15, 0.2) is 17.3 Å². The number of amidine groups is 1. The predicted molar refractivity (Wildman–Crippen MR) is 80.3 cm³/mol. The second kappa shape index (κ2) is 8.37. The number of oxime groups is 1. The minimum absolute atomic E-state index is 0.245. The standard InChI is InChI=1S/C13H20ClN3O3/c1-19-11-8-12(20-2)10(7-9(11)14)16-6-4-3-5-13(15)17-18/h7-8,16,18H,3-6H2,1-2H3,(H2,15,17). The van der Waals surface area contributed by atoms with Crippen LogP contribution in [0.4, 0.5) is 5.69 Å². The van der Waals surface area contributed by atoms with E-state index in [1.54, 1.807) is 26.4 Å². The van der Waals surface area contributed by atoms with Crippen LogP contribution in [0.2, 0.25) is 5.02 Å². The van der Waals surface area contributed by atoms with Crippen LogP contribution >= 0.6 is 11.6 Å². The molecule has 0 unspecified atom stereocenters. The molecule has 0 aromatic heterocycles. The summed E-state index contributed by atoms with van der Waals surface area (Å²) < 4.78 is 10.4. The SMILES string of the molecule is COc1cc(OC)c(NCCCCC(N)=NO)cc1Cl. The summed E-state index contributed by atoms with van der Waals surface area (Å²) in [6.07, 6.45) is 2.27. The zero-order valence-corrected chi connectivity index (χ0v) is 12.4. The summed E-state index contributed by atoms with van der Waals surface area (Å²) in [6.45, 7) is 0.734. The summed E-state index contributed by atoms with van der Waals surface area (Å²) in [7, 11) is 3.15. The van der Waals surface area contributed by atoms with Crippen molar-refractivity contribution in [1.29, 1.82) is 0 Å². The number of ether oxygens (including phenoxy) is 2. The van der Waals surface area contributed by atoms with Crippen molar-refractivity contribution in [3.05, 3.63) is 17.2 Å². The predicted octanol–water partition coefficient (Wildman–Crippen LogP) is 2.69. The highest BCUT2D eigenvalue weighted by Crippen LogP contribution is 2.35. The van der Waals surface area contributed by atoms with Gasteiger partial charge in [-0.2, -0.15) is 0 Å². The Morgan fingerprint density at radius 2 is 2.00 bits per heavy atom. The van der Waals surface area contributed by atoms with Crippen molar-refractivity contribution < 1.29 is 14.7 Å². The Balaban J connectivity index is 2.53. The molecule has 0 radical (unpaired) electrons. The smallest absolute Gasteiger partial charge is 0.145 e. The fourth-order valence-corrected chi connectivity index (χ4v) is 1.94. The molecule has 1 rings (SSSR count). The molecular formula is C13H20ClN3O3. The summed E-state index contributed by atoms with van der Waals surface area (Å²) in [5.41, 5.74) is 6.20. The number of halogens is 1. The maximum absolute atomic E-state index is 8.42. The molecule has 1 aromatic rings. The van der Waals surface area contributed by atoms with E-state index in [4.69, 9.17) is 32.0 Å². The average Bonchev–Trinajstić information content (AvgIpc) is 2.46. The van der Waals surface area contributed by atoms with E-state index in [9.17, 15) is 0 Å². The van der Waals surface area contributed by atoms with Gasteiger partial charge in [-0.15, -0.1) is 0 Å². The lowest BCUT2D eigenvalue weighted by Gasteiger charge is -2.13. The number of methoxy groups -OCH3 is 2. The fraction of sp³-hybridized carbons (Fsp3) is 0.462. The van der Waals surface area contributed by atoms with Gasteiger partial charge in [0.2, 0.25) is 0 Å². The number of rotatable bonds is 8. The number of hydrogen-bond acceptors (Lipinski definition) is 5. The van der Waals surface area contributed by atoms with Crippen molar-refractivity contribution >= 4 is 23.1 Å². The molecular weight excluding hydrogens is 282 g/mol. The van der Waals surface area contributed by atoms with Crippen LogP contribution in [0.25, 0.3) is 0 Å². The topological polar surface area (TPSA) is 89.1 Å². The van der Waals surface area contributed by atoms with E-state index >= 15 is 0 Å². The van der Waals surface area contributed by atoms with Gasteiger partial charge in [0.05, 0.1) is 24.9 Å². The van der Waals surface area contributed by atoms with Crippen molar-refractivity contribution in [2.45, 2.75) is 19.3 Å². The number of nitrogens with two attached hydrogens (primary N) is 1. The third-order valence-corrected chi connectivity index (χ3v) is 3.07. The van der Waals surface area contributed by atoms with Gasteiger partial charge in [-0.3, -0.25) is 0 Å². The molecule has 0 aliphatic carbocycles. The maximum Gasteiger partial charge on any atom is 0.145 e. The van der Waals surface area contributed by atoms with Crippen LogP contribution < -0.4 is 20.5 Å². The lowest BCUT2D eigenvalue weighted by molar-refractivity contribution is 0.316. The summed E-state index contributed by atoms with van der Waals surface area (Å²) in [4.78, 5) is 0. The molecule has 0 spiro atoms. The average molecular weight is 302 g/mol. The first-order chi connectivity index (χ1) is 9.62. The first-order valence-electron chi connectivity index (χ1n) is 6.24. The Kier molecular flexibility index (Phi) is 6.79. The molecule has 0 bridgehead atoms. The lowest BCUT2D eigenvalue weighted by Crippen LogP contribution is -2.12. The third-order valence-electron chi connectivity index (χ3n) is 2.78. The van der Waals surface area contributed by atoms with E-state index in [1.165, 1.54) is 0 Å². The van der Waals surface area contributed by atoms with E-state index in [1.807, 2.05) is 0 Å². The summed E-state index contributed by atoms with van der Waals surface area (Å²) in [6, 6.07) is 3.50. The van der Waals surface area contributed by atoms with Crippen LogP contribution in [-0.4, -0.2) is 31.8 Å². The monoisotopic (exact) mass is 301 g/mol. The van der Waals surface area contributed by atoms with Gasteiger partial charge < -0.3 is 25.7 Å². The quantitative estimate of drug-likeness (QED) is 0.226. The molecule has 112 valence electrons. The number of anilines is 1. The second-order valence-corrected chi connectivity index (χ2v) is 4.57. The van der Waals surface area contributed by atoms with E-state index < -0.39 is 0 Å². The number of hydrogen-bond donors (Lipinski definition) is 3. The minimum Gasteiger partial charge on any atom is -0.495 e. The zero-order chi connectivity index (χ0) is 15.0. The van der Waals surface area contributed by atoms with Gasteiger partial charge in [0, 0.05) is 19.0 Å². The minimum atomic E-state index is 0.245. The highest BCUT2D eigenvalue weighted by molar-refractivity contribution is 6.32. The van der Waals surface area contributed by atoms with Crippen molar-refractivity contribution in [3.63, 3.8) is 0 Å². The summed E-state index contributed by atoms with van der Waals surface area (Å²) >= 11 is 6.08. The second-order valence-electron chi connectivity index (χ2n) is 4.16. The first kappa shape index (κ1) is 16.2. The molecule has 0 aliphatic rings. The number of unbranched alkanes of at least 4 members (excludes halogenated alkanes) is 1. The Bertz CT molecular complexity index is 466. The van der Waals surface area contributed by atoms with Gasteiger partial charge in [-0.1, -0.05) is 16.8 Å². The van der Waals surface area contributed by atoms with Crippen molar-refractivity contribution in [3.8, 4) is 11.5 Å². The number of benzene rings is 1. The van der Waals surface area contributed by atoms with Gasteiger partial charge in [-0.25, -0.2) is 0 Å². The molecule has 20 heavy (non-hydrogen) atoms. The van der Waals surface area contributed by atoms with Crippen LogP contribution in [-0.2, 0) is 0 Å². The van der Waals surface area contributed by atoms with Gasteiger partial charge in [0.1, 0.15) is 17.3 Å². The Hall–Kier alpha value is -1.82. The molecule has 0 heterocycles. The summed E-state index contributed by atoms with van der Waals surface area (Å²) in [5.74, 6) is 1.48. The molecule has 0 saturated carbocycles. The van der Waals surface area contributed by atoms with E-state index in [0.717, 1.165) is 25.1 Å². The van der Waals surface area contributed by atoms with Crippen molar-refractivity contribution in [2.24, 2.45) is 10.9 Å². The third kappa shape index (κ3) is 4.70. The molecule has 0 amide bonds. The van der Waals surface area contributed by atoms with Gasteiger partial charge in [0.15, 0.2) is 0 Å². The molecule has 0 fully saturated rings. The number of nitrogens with one attached hydrogen (secondary N) is 1. The fourth-order valence-electron chi connectivity index (χ4n) is 1.70. The van der Waals surface area contributed by atoms with Crippen LogP contribution in [0, 0.1) is 0 Å². The van der Waals surface area contributed by atoms with Gasteiger partial charge in [0.25, 0.3) is 0 Å². The zero-order valence-electron chi connectivity index (χ0n) is 11.6. The molecule has 7 heteroatoms. The molecule has 0 saturated heterocycles. The van der Waals surface area contributed by atoms with Crippen LogP contribution in [0.5, 0.6) is 11.5 Å². The van der Waals surface area contributed by atoms with Crippen LogP contribution in [0.3, 0.4) is 0 Å². The highest BCUT2D eigenvalue weighted by atomic mass is 35.5. The van der Waals surface area contributed by atoms with Crippen LogP contribution in [0.1, 0.15) is 19.3 Å². The molecule has 6 nitrogen and oxygen atoms in total. The number of nitrogens with zero attached hydrogens (tertiary/aromatic N) is 1. The van der Waals surface area contributed by atoms with E-state index in [-0.39, 0.29) is 5.84 Å². The molecule has 1 aromatic carbocycles. The normalized spacial score (nSPS) is 11.2. The van der Waals surface area contributed by atoms with Crippen molar-refractivity contribution in [2.75, 3.05) is 26.1 Å². The Morgan fingerprint density at radius 3 is 2.60 bits per heavy atom. The lowest BCUT2D eigenvalue weighted by atomic mass is 10.2. The Labute approximate surface area is 123 Å². The van der Waals surface area contributed by atoms with Gasteiger partial charge in [-0.05, 0) is 18.9 Å². The molecule has 0 aliphatic heterocycles. The largest absolute Gasteiger partial charge is 0.495 e. The first-order valence-corrected chi connectivity index (χ1v) is 6.62. The highest BCUT2D eigenvalue weighted by Gasteiger charge is 2.09. The molecule has 0 atom stereocenters. The Morgan fingerprint density at radius 1 is 1.30 bits per heavy atom. The van der Waals surface area contributed by atoms with Gasteiger partial charge >= 0.3 is 0 Å². The molecule has 4 N–H and O–H groups in total. The summed E-state index contributed by atoms with van der Waals surface area (Å²) in [5, 5.41) is 15.1. The maximum atomic E-state index is 8.42.